The summed E-state index contributed by atoms with van der Waals surface area (Å²) in [5.41, 5.74) is 1.13. The van der Waals surface area contributed by atoms with Gasteiger partial charge in [-0.3, -0.25) is 0 Å². The van der Waals surface area contributed by atoms with Gasteiger partial charge in [0.2, 0.25) is 0 Å². The van der Waals surface area contributed by atoms with E-state index in [1.165, 1.54) is 19.3 Å². The van der Waals surface area contributed by atoms with E-state index >= 15 is 0 Å². The Morgan fingerprint density at radius 2 is 1.80 bits per heavy atom. The molecule has 0 radical (unpaired) electrons. The third-order valence-corrected chi connectivity index (χ3v) is 4.95. The molecule has 0 heterocycles. The predicted molar refractivity (Wildman–Crippen MR) is 108 cm³/mol. The van der Waals surface area contributed by atoms with Crippen molar-refractivity contribution in [3.05, 3.63) is 35.9 Å². The highest BCUT2D eigenvalue weighted by molar-refractivity contribution is 6.17. The third-order valence-electron chi connectivity index (χ3n) is 4.69. The second-order valence-corrected chi connectivity index (χ2v) is 7.06. The molecule has 0 amide bonds. The van der Waals surface area contributed by atoms with Gasteiger partial charge in [-0.05, 0) is 37.3 Å². The van der Waals surface area contributed by atoms with Gasteiger partial charge in [0, 0.05) is 16.7 Å². The number of hydrogen-bond acceptors (Lipinski definition) is 2. The molecular formula is C22H31ClO2. The Labute approximate surface area is 157 Å². The van der Waals surface area contributed by atoms with Crippen LogP contribution in [0.2, 0.25) is 0 Å². The van der Waals surface area contributed by atoms with Crippen molar-refractivity contribution in [3.63, 3.8) is 0 Å². The fourth-order valence-corrected chi connectivity index (χ4v) is 3.20. The van der Waals surface area contributed by atoms with Crippen LogP contribution in [0, 0.1) is 12.8 Å². The monoisotopic (exact) mass is 362 g/mol. The highest BCUT2D eigenvalue weighted by Gasteiger charge is 2.14. The molecule has 0 aliphatic rings. The molecule has 0 saturated heterocycles. The minimum atomic E-state index is 0.619. The molecule has 2 aromatic rings. The highest BCUT2D eigenvalue weighted by atomic mass is 35.5. The summed E-state index contributed by atoms with van der Waals surface area (Å²) >= 11 is 5.76. The molecule has 0 saturated carbocycles. The van der Waals surface area contributed by atoms with Gasteiger partial charge in [-0.1, -0.05) is 57.4 Å². The van der Waals surface area contributed by atoms with Crippen LogP contribution in [0.15, 0.2) is 30.3 Å². The smallest absolute Gasteiger partial charge is 0.130 e. The molecule has 2 rings (SSSR count). The zero-order chi connectivity index (χ0) is 18.1. The summed E-state index contributed by atoms with van der Waals surface area (Å²) in [4.78, 5) is 0. The second-order valence-electron chi connectivity index (χ2n) is 6.68. The number of unbranched alkanes of at least 4 members (excludes halogenated alkanes) is 1. The average Bonchev–Trinajstić information content (AvgIpc) is 2.63. The number of benzene rings is 2. The number of rotatable bonds is 11. The van der Waals surface area contributed by atoms with Crippen LogP contribution in [0.5, 0.6) is 11.5 Å². The van der Waals surface area contributed by atoms with Crippen molar-refractivity contribution in [2.75, 3.05) is 19.1 Å². The SMILES string of the molecule is CCCCC(CC)COc1c(C)cc(OCCCCl)c2ccccc12. The first-order valence-electron chi connectivity index (χ1n) is 9.55. The summed E-state index contributed by atoms with van der Waals surface area (Å²) in [6, 6.07) is 10.4. The zero-order valence-corrected chi connectivity index (χ0v) is 16.6. The molecule has 3 heteroatoms. The van der Waals surface area contributed by atoms with E-state index < -0.39 is 0 Å². The van der Waals surface area contributed by atoms with E-state index in [2.05, 4.69) is 45.0 Å². The van der Waals surface area contributed by atoms with E-state index in [0.29, 0.717) is 18.4 Å². The summed E-state index contributed by atoms with van der Waals surface area (Å²) in [6.45, 7) is 8.02. The van der Waals surface area contributed by atoms with Gasteiger partial charge in [-0.2, -0.15) is 0 Å². The lowest BCUT2D eigenvalue weighted by atomic mass is 10.00. The van der Waals surface area contributed by atoms with Gasteiger partial charge in [-0.15, -0.1) is 11.6 Å². The van der Waals surface area contributed by atoms with Crippen LogP contribution in [-0.4, -0.2) is 19.1 Å². The fourth-order valence-electron chi connectivity index (χ4n) is 3.10. The van der Waals surface area contributed by atoms with E-state index in [0.717, 1.165) is 47.3 Å². The van der Waals surface area contributed by atoms with Crippen molar-refractivity contribution >= 4 is 22.4 Å². The molecule has 0 fully saturated rings. The van der Waals surface area contributed by atoms with Gasteiger partial charge in [0.15, 0.2) is 0 Å². The maximum Gasteiger partial charge on any atom is 0.130 e. The summed E-state index contributed by atoms with van der Waals surface area (Å²) in [7, 11) is 0. The molecule has 0 N–H and O–H groups in total. The Kier molecular flexibility index (Phi) is 8.40. The van der Waals surface area contributed by atoms with E-state index in [1.807, 2.05) is 6.07 Å². The molecule has 2 nitrogen and oxygen atoms in total. The Bertz CT molecular complexity index is 654. The Morgan fingerprint density at radius 1 is 1.04 bits per heavy atom. The lowest BCUT2D eigenvalue weighted by Crippen LogP contribution is -2.12. The third kappa shape index (κ3) is 5.54. The molecule has 2 aromatic carbocycles. The first kappa shape index (κ1) is 19.9. The van der Waals surface area contributed by atoms with E-state index in [4.69, 9.17) is 21.1 Å². The highest BCUT2D eigenvalue weighted by Crippen LogP contribution is 2.37. The number of alkyl halides is 1. The first-order valence-corrected chi connectivity index (χ1v) is 10.1. The number of aryl methyl sites for hydroxylation is 1. The van der Waals surface area contributed by atoms with Gasteiger partial charge >= 0.3 is 0 Å². The summed E-state index contributed by atoms with van der Waals surface area (Å²) in [6.07, 6.45) is 5.77. The molecule has 1 unspecified atom stereocenters. The van der Waals surface area contributed by atoms with Gasteiger partial charge in [0.1, 0.15) is 11.5 Å². The summed E-state index contributed by atoms with van der Waals surface area (Å²) in [5, 5.41) is 2.24. The van der Waals surface area contributed by atoms with Crippen LogP contribution in [0.3, 0.4) is 0 Å². The fraction of sp³-hybridized carbons (Fsp3) is 0.545. The van der Waals surface area contributed by atoms with Crippen molar-refractivity contribution in [2.24, 2.45) is 5.92 Å². The number of halogens is 1. The minimum absolute atomic E-state index is 0.619. The summed E-state index contributed by atoms with van der Waals surface area (Å²) < 4.78 is 12.3. The standard InChI is InChI=1S/C22H31ClO2/c1-4-6-10-18(5-2)16-25-22-17(3)15-21(24-14-9-13-23)19-11-7-8-12-20(19)22/h7-8,11-12,15,18H,4-6,9-10,13-14,16H2,1-3H3. The molecule has 1 atom stereocenters. The molecule has 0 aromatic heterocycles. The normalized spacial score (nSPS) is 12.3. The van der Waals surface area contributed by atoms with Crippen molar-refractivity contribution < 1.29 is 9.47 Å². The van der Waals surface area contributed by atoms with Gasteiger partial charge in [-0.25, -0.2) is 0 Å². The van der Waals surface area contributed by atoms with E-state index in [9.17, 15) is 0 Å². The van der Waals surface area contributed by atoms with Crippen LogP contribution in [0.4, 0.5) is 0 Å². The quantitative estimate of drug-likeness (QED) is 0.325. The van der Waals surface area contributed by atoms with Crippen LogP contribution >= 0.6 is 11.6 Å². The Balaban J connectivity index is 2.22. The van der Waals surface area contributed by atoms with Crippen molar-refractivity contribution in [3.8, 4) is 11.5 Å². The second kappa shape index (κ2) is 10.6. The topological polar surface area (TPSA) is 18.5 Å². The van der Waals surface area contributed by atoms with Crippen LogP contribution < -0.4 is 9.47 Å². The molecule has 0 aliphatic carbocycles. The van der Waals surface area contributed by atoms with Crippen molar-refractivity contribution in [1.29, 1.82) is 0 Å². The average molecular weight is 363 g/mol. The number of ether oxygens (including phenoxy) is 2. The van der Waals surface area contributed by atoms with Gasteiger partial charge in [0.25, 0.3) is 0 Å². The molecule has 25 heavy (non-hydrogen) atoms. The first-order chi connectivity index (χ1) is 12.2. The van der Waals surface area contributed by atoms with E-state index in [1.54, 1.807) is 0 Å². The van der Waals surface area contributed by atoms with Crippen LogP contribution in [0.25, 0.3) is 10.8 Å². The van der Waals surface area contributed by atoms with E-state index in [-0.39, 0.29) is 0 Å². The largest absolute Gasteiger partial charge is 0.493 e. The van der Waals surface area contributed by atoms with Crippen molar-refractivity contribution in [1.82, 2.24) is 0 Å². The zero-order valence-electron chi connectivity index (χ0n) is 15.8. The maximum absolute atomic E-state index is 6.30. The predicted octanol–water partition coefficient (Wildman–Crippen LogP) is 6.75. The van der Waals surface area contributed by atoms with Gasteiger partial charge < -0.3 is 9.47 Å². The molecular weight excluding hydrogens is 332 g/mol. The summed E-state index contributed by atoms with van der Waals surface area (Å²) in [5.74, 6) is 3.16. The van der Waals surface area contributed by atoms with Crippen LogP contribution in [-0.2, 0) is 0 Å². The lowest BCUT2D eigenvalue weighted by Gasteiger charge is -2.19. The molecule has 0 bridgehead atoms. The molecule has 138 valence electrons. The maximum atomic E-state index is 6.30. The Morgan fingerprint density at radius 3 is 2.48 bits per heavy atom. The molecule has 0 aliphatic heterocycles. The number of hydrogen-bond donors (Lipinski definition) is 0. The van der Waals surface area contributed by atoms with Gasteiger partial charge in [0.05, 0.1) is 13.2 Å². The number of fused-ring (bicyclic) bond motifs is 1. The minimum Gasteiger partial charge on any atom is -0.493 e. The molecule has 0 spiro atoms. The van der Waals surface area contributed by atoms with Crippen LogP contribution in [0.1, 0.15) is 51.5 Å². The Hall–Kier alpha value is -1.41. The van der Waals surface area contributed by atoms with Crippen molar-refractivity contribution in [2.45, 2.75) is 52.9 Å². The lowest BCUT2D eigenvalue weighted by molar-refractivity contribution is 0.234.